The van der Waals surface area contributed by atoms with E-state index in [4.69, 9.17) is 11.6 Å². The second-order valence-electron chi connectivity index (χ2n) is 8.10. The van der Waals surface area contributed by atoms with E-state index in [1.807, 2.05) is 38.1 Å². The number of carbonyl (C=O) groups is 2. The summed E-state index contributed by atoms with van der Waals surface area (Å²) in [7, 11) is -3.51. The van der Waals surface area contributed by atoms with Crippen LogP contribution in [-0.4, -0.2) is 50.5 Å². The van der Waals surface area contributed by atoms with E-state index >= 15 is 0 Å². The summed E-state index contributed by atoms with van der Waals surface area (Å²) in [6, 6.07) is 15.4. The molecule has 0 radical (unpaired) electrons. The zero-order valence-electron chi connectivity index (χ0n) is 20.0. The fourth-order valence-electron chi connectivity index (χ4n) is 3.69. The Bertz CT molecular complexity index is 1050. The monoisotopic (exact) mass is 507 g/mol. The first kappa shape index (κ1) is 27.7. The van der Waals surface area contributed by atoms with Crippen molar-refractivity contribution in [2.24, 2.45) is 0 Å². The van der Waals surface area contributed by atoms with E-state index in [0.717, 1.165) is 18.2 Å². The van der Waals surface area contributed by atoms with Gasteiger partial charge in [-0.15, -0.1) is 0 Å². The first-order chi connectivity index (χ1) is 16.2. The highest BCUT2D eigenvalue weighted by atomic mass is 35.5. The summed E-state index contributed by atoms with van der Waals surface area (Å²) in [5, 5.41) is 3.41. The lowest BCUT2D eigenvalue weighted by molar-refractivity contribution is -0.141. The summed E-state index contributed by atoms with van der Waals surface area (Å²) in [5.41, 5.74) is 1.30. The van der Waals surface area contributed by atoms with Gasteiger partial charge in [0.15, 0.2) is 0 Å². The molecule has 9 heteroatoms. The minimum Gasteiger partial charge on any atom is -0.354 e. The molecule has 0 saturated carbocycles. The predicted molar refractivity (Wildman–Crippen MR) is 137 cm³/mol. The Morgan fingerprint density at radius 1 is 1.03 bits per heavy atom. The van der Waals surface area contributed by atoms with E-state index in [-0.39, 0.29) is 31.3 Å². The smallest absolute Gasteiger partial charge is 0.242 e. The number of nitrogens with zero attached hydrogens (tertiary/aromatic N) is 2. The molecular weight excluding hydrogens is 474 g/mol. The molecule has 2 aromatic carbocycles. The largest absolute Gasteiger partial charge is 0.354 e. The second-order valence-corrected chi connectivity index (χ2v) is 10.4. The van der Waals surface area contributed by atoms with E-state index in [2.05, 4.69) is 5.32 Å². The van der Waals surface area contributed by atoms with Crippen molar-refractivity contribution in [3.63, 3.8) is 0 Å². The van der Waals surface area contributed by atoms with Gasteiger partial charge in [-0.05, 0) is 43.0 Å². The lowest BCUT2D eigenvalue weighted by Crippen LogP contribution is -2.49. The zero-order valence-corrected chi connectivity index (χ0v) is 21.6. The molecule has 0 aliphatic heterocycles. The highest BCUT2D eigenvalue weighted by Gasteiger charge is 2.29. The lowest BCUT2D eigenvalue weighted by Gasteiger charge is -2.31. The van der Waals surface area contributed by atoms with E-state index < -0.39 is 16.1 Å². The summed E-state index contributed by atoms with van der Waals surface area (Å²) in [5.74, 6) is -0.424. The van der Waals surface area contributed by atoms with Gasteiger partial charge in [0.25, 0.3) is 0 Å². The van der Waals surface area contributed by atoms with Crippen LogP contribution >= 0.6 is 11.6 Å². The molecule has 0 aliphatic rings. The van der Waals surface area contributed by atoms with Crippen LogP contribution in [0.1, 0.15) is 45.1 Å². The van der Waals surface area contributed by atoms with E-state index in [0.29, 0.717) is 30.1 Å². The number of nitrogens with one attached hydrogen (secondary N) is 1. The van der Waals surface area contributed by atoms with Crippen LogP contribution in [0.3, 0.4) is 0 Å². The van der Waals surface area contributed by atoms with Gasteiger partial charge in [0.2, 0.25) is 21.8 Å². The van der Waals surface area contributed by atoms with Crippen molar-refractivity contribution in [1.29, 1.82) is 0 Å². The molecule has 0 spiro atoms. The molecule has 1 N–H and O–H groups in total. The summed E-state index contributed by atoms with van der Waals surface area (Å²) in [6.07, 6.45) is 2.80. The third-order valence-electron chi connectivity index (χ3n) is 5.43. The average Bonchev–Trinajstić information content (AvgIpc) is 2.81. The molecule has 0 bridgehead atoms. The molecule has 0 unspecified atom stereocenters. The summed E-state index contributed by atoms with van der Waals surface area (Å²) in [6.45, 7) is 4.72. The number of benzene rings is 2. The maximum absolute atomic E-state index is 13.3. The first-order valence-electron chi connectivity index (χ1n) is 11.5. The number of amides is 2. The number of anilines is 1. The quantitative estimate of drug-likeness (QED) is 0.439. The predicted octanol–water partition coefficient (Wildman–Crippen LogP) is 4.22. The molecule has 7 nitrogen and oxygen atoms in total. The van der Waals surface area contributed by atoms with Gasteiger partial charge < -0.3 is 10.2 Å². The van der Waals surface area contributed by atoms with Gasteiger partial charge in [-0.3, -0.25) is 13.9 Å². The molecule has 186 valence electrons. The van der Waals surface area contributed by atoms with Crippen molar-refractivity contribution in [2.45, 2.75) is 52.1 Å². The highest BCUT2D eigenvalue weighted by Crippen LogP contribution is 2.22. The van der Waals surface area contributed by atoms with Crippen LogP contribution in [-0.2, 0) is 26.2 Å². The van der Waals surface area contributed by atoms with Crippen LogP contribution in [0.4, 0.5) is 5.69 Å². The number of hydrogen-bond acceptors (Lipinski definition) is 4. The van der Waals surface area contributed by atoms with Gasteiger partial charge in [-0.2, -0.15) is 0 Å². The Morgan fingerprint density at radius 3 is 2.26 bits per heavy atom. The van der Waals surface area contributed by atoms with Gasteiger partial charge >= 0.3 is 0 Å². The first-order valence-corrected chi connectivity index (χ1v) is 13.7. The lowest BCUT2D eigenvalue weighted by atomic mass is 10.1. The number of para-hydroxylation sites is 1. The molecule has 2 amide bonds. The van der Waals surface area contributed by atoms with Crippen molar-refractivity contribution in [3.8, 4) is 0 Å². The highest BCUT2D eigenvalue weighted by molar-refractivity contribution is 7.92. The van der Waals surface area contributed by atoms with Crippen molar-refractivity contribution in [2.75, 3.05) is 23.7 Å². The van der Waals surface area contributed by atoms with E-state index in [9.17, 15) is 18.0 Å². The molecule has 0 saturated heterocycles. The topological polar surface area (TPSA) is 86.8 Å². The molecule has 1 atom stereocenters. The summed E-state index contributed by atoms with van der Waals surface area (Å²) in [4.78, 5) is 27.7. The number of carbonyl (C=O) groups excluding carboxylic acids is 2. The Balaban J connectivity index is 2.19. The fraction of sp³-hybridized carbons (Fsp3) is 0.440. The Kier molecular flexibility index (Phi) is 10.9. The molecule has 0 heterocycles. The minimum atomic E-state index is -3.51. The third kappa shape index (κ3) is 8.02. The van der Waals surface area contributed by atoms with Crippen molar-refractivity contribution in [3.05, 3.63) is 65.2 Å². The van der Waals surface area contributed by atoms with Crippen molar-refractivity contribution < 1.29 is 18.0 Å². The van der Waals surface area contributed by atoms with Gasteiger partial charge in [0, 0.05) is 31.1 Å². The molecule has 0 aliphatic carbocycles. The summed E-state index contributed by atoms with van der Waals surface area (Å²) >= 11 is 6.34. The van der Waals surface area contributed by atoms with Crippen LogP contribution in [0, 0.1) is 0 Å². The van der Waals surface area contributed by atoms with Gasteiger partial charge in [0.1, 0.15) is 6.04 Å². The zero-order chi connectivity index (χ0) is 25.1. The van der Waals surface area contributed by atoms with E-state index in [1.54, 1.807) is 35.2 Å². The van der Waals surface area contributed by atoms with Crippen LogP contribution in [0.5, 0.6) is 0 Å². The van der Waals surface area contributed by atoms with Crippen LogP contribution in [0.15, 0.2) is 54.6 Å². The third-order valence-corrected chi connectivity index (χ3v) is 6.99. The van der Waals surface area contributed by atoms with Gasteiger partial charge in [0.05, 0.1) is 11.9 Å². The molecule has 34 heavy (non-hydrogen) atoms. The molecular formula is C25H34ClN3O4S. The molecule has 2 rings (SSSR count). The maximum Gasteiger partial charge on any atom is 0.242 e. The number of sulfonamides is 1. The van der Waals surface area contributed by atoms with Gasteiger partial charge in [-0.25, -0.2) is 8.42 Å². The van der Waals surface area contributed by atoms with Gasteiger partial charge in [-0.1, -0.05) is 61.8 Å². The van der Waals surface area contributed by atoms with Crippen molar-refractivity contribution in [1.82, 2.24) is 10.2 Å². The SMILES string of the molecule is CCCNC(=O)[C@@H](CC)N(Cc1ccccc1Cl)C(=O)CCCN(c1ccccc1)S(C)(=O)=O. The summed E-state index contributed by atoms with van der Waals surface area (Å²) < 4.78 is 26.0. The Labute approximate surface area is 208 Å². The molecule has 0 aromatic heterocycles. The number of rotatable bonds is 13. The van der Waals surface area contributed by atoms with Crippen LogP contribution in [0.25, 0.3) is 0 Å². The maximum atomic E-state index is 13.3. The Hall–Kier alpha value is -2.58. The second kappa shape index (κ2) is 13.3. The minimum absolute atomic E-state index is 0.0981. The van der Waals surface area contributed by atoms with E-state index in [1.165, 1.54) is 4.31 Å². The van der Waals surface area contributed by atoms with Crippen LogP contribution < -0.4 is 9.62 Å². The molecule has 0 fully saturated rings. The Morgan fingerprint density at radius 2 is 1.68 bits per heavy atom. The standard InChI is InChI=1S/C25H34ClN3O4S/c1-4-17-27-25(31)23(5-2)28(19-20-12-9-10-15-22(20)26)24(30)16-11-18-29(34(3,32)33)21-13-7-6-8-14-21/h6-10,12-15,23H,4-5,11,16-19H2,1-3H3,(H,27,31)/t23-/m1/s1. The fourth-order valence-corrected chi connectivity index (χ4v) is 4.85. The number of hydrogen-bond donors (Lipinski definition) is 1. The number of halogens is 1. The normalized spacial score (nSPS) is 12.1. The average molecular weight is 508 g/mol. The van der Waals surface area contributed by atoms with Crippen LogP contribution in [0.2, 0.25) is 5.02 Å². The molecule has 2 aromatic rings. The van der Waals surface area contributed by atoms with Crippen molar-refractivity contribution >= 4 is 39.1 Å².